The fourth-order valence-corrected chi connectivity index (χ4v) is 4.54. The molecule has 3 amide bonds. The van der Waals surface area contributed by atoms with Crippen LogP contribution < -0.4 is 16.0 Å². The molecule has 0 atom stereocenters. The van der Waals surface area contributed by atoms with Crippen molar-refractivity contribution >= 4 is 58.4 Å². The topological polar surface area (TPSA) is 148 Å². The van der Waals surface area contributed by atoms with Gasteiger partial charge in [0.25, 0.3) is 17.5 Å². The molecule has 0 aliphatic heterocycles. The Bertz CT molecular complexity index is 1690. The van der Waals surface area contributed by atoms with Crippen LogP contribution in [0.5, 0.6) is 0 Å². The minimum Gasteiger partial charge on any atom is -0.325 e. The summed E-state index contributed by atoms with van der Waals surface area (Å²) in [5.41, 5.74) is 1.59. The van der Waals surface area contributed by atoms with Gasteiger partial charge in [0.15, 0.2) is 5.78 Å². The Morgan fingerprint density at radius 2 is 1.37 bits per heavy atom. The molecule has 216 valence electrons. The van der Waals surface area contributed by atoms with Gasteiger partial charge in [-0.2, -0.15) is 0 Å². The van der Waals surface area contributed by atoms with Crippen LogP contribution in [-0.2, 0) is 9.59 Å². The summed E-state index contributed by atoms with van der Waals surface area (Å²) in [6.07, 6.45) is 1.25. The van der Waals surface area contributed by atoms with E-state index in [-0.39, 0.29) is 34.4 Å². The van der Waals surface area contributed by atoms with Crippen molar-refractivity contribution in [2.24, 2.45) is 0 Å². The molecule has 0 heterocycles. The van der Waals surface area contributed by atoms with Gasteiger partial charge in [0.1, 0.15) is 5.70 Å². The van der Waals surface area contributed by atoms with E-state index in [1.807, 2.05) is 0 Å². The maximum absolute atomic E-state index is 13.3. The number of carbonyl (C=O) groups excluding carboxylic acids is 4. The minimum atomic E-state index is -0.682. The molecule has 0 aliphatic rings. The highest BCUT2D eigenvalue weighted by atomic mass is 32.2. The molecule has 0 unspecified atom stereocenters. The van der Waals surface area contributed by atoms with Crippen molar-refractivity contribution in [3.05, 3.63) is 136 Å². The van der Waals surface area contributed by atoms with Crippen LogP contribution in [-0.4, -0.2) is 34.2 Å². The Balaban J connectivity index is 1.42. The van der Waals surface area contributed by atoms with E-state index < -0.39 is 16.7 Å². The second-order valence-electron chi connectivity index (χ2n) is 9.14. The van der Waals surface area contributed by atoms with Gasteiger partial charge in [-0.1, -0.05) is 30.3 Å². The summed E-state index contributed by atoms with van der Waals surface area (Å²) in [5.74, 6) is -1.39. The Morgan fingerprint density at radius 3 is 2.02 bits per heavy atom. The molecule has 0 fully saturated rings. The second-order valence-corrected chi connectivity index (χ2v) is 10.2. The normalized spacial score (nSPS) is 10.9. The van der Waals surface area contributed by atoms with Crippen molar-refractivity contribution in [3.63, 3.8) is 0 Å². The zero-order valence-electron chi connectivity index (χ0n) is 22.9. The van der Waals surface area contributed by atoms with Crippen LogP contribution in [0.1, 0.15) is 33.2 Å². The molecule has 0 radical (unpaired) electrons. The first-order valence-corrected chi connectivity index (χ1v) is 13.9. The number of nitrogens with one attached hydrogen (secondary N) is 3. The summed E-state index contributed by atoms with van der Waals surface area (Å²) in [5, 5.41) is 19.6. The van der Waals surface area contributed by atoms with Crippen molar-refractivity contribution in [2.45, 2.75) is 11.8 Å². The lowest BCUT2D eigenvalue weighted by molar-refractivity contribution is -0.385. The number of benzene rings is 4. The third kappa shape index (κ3) is 8.72. The van der Waals surface area contributed by atoms with Crippen LogP contribution in [0.4, 0.5) is 17.1 Å². The Kier molecular flexibility index (Phi) is 10.2. The van der Waals surface area contributed by atoms with E-state index in [4.69, 9.17) is 0 Å². The van der Waals surface area contributed by atoms with Crippen LogP contribution in [0.2, 0.25) is 0 Å². The van der Waals surface area contributed by atoms with Crippen molar-refractivity contribution in [1.29, 1.82) is 0 Å². The number of rotatable bonds is 11. The Hall–Kier alpha value is -5.55. The third-order valence-electron chi connectivity index (χ3n) is 6.02. The minimum absolute atomic E-state index is 0.0579. The highest BCUT2D eigenvalue weighted by Crippen LogP contribution is 2.23. The van der Waals surface area contributed by atoms with Crippen LogP contribution >= 0.6 is 11.8 Å². The summed E-state index contributed by atoms with van der Waals surface area (Å²) in [6, 6.07) is 27.5. The quantitative estimate of drug-likeness (QED) is 0.0640. The van der Waals surface area contributed by atoms with Gasteiger partial charge in [0, 0.05) is 33.5 Å². The van der Waals surface area contributed by atoms with E-state index in [9.17, 15) is 29.3 Å². The predicted molar refractivity (Wildman–Crippen MR) is 166 cm³/mol. The fourth-order valence-electron chi connectivity index (χ4n) is 3.84. The van der Waals surface area contributed by atoms with Gasteiger partial charge in [0.05, 0.1) is 16.2 Å². The molecule has 4 aromatic rings. The standard InChI is InChI=1S/C32H26N4O6S/c1-21(37)22-11-13-25(14-12-22)33-30(38)20-43-27-17-15-26(16-18-27)34-32(40)28(35-31(39)23-7-3-2-4-8-23)19-24-9-5-6-10-29(24)36(41)42/h2-19H,20H2,1H3,(H,33,38)(H,34,40)(H,35,39)/b28-19-. The van der Waals surface area contributed by atoms with Crippen molar-refractivity contribution < 1.29 is 24.1 Å². The maximum Gasteiger partial charge on any atom is 0.276 e. The zero-order chi connectivity index (χ0) is 30.8. The van der Waals surface area contributed by atoms with E-state index >= 15 is 0 Å². The van der Waals surface area contributed by atoms with Gasteiger partial charge >= 0.3 is 0 Å². The number of amides is 3. The molecule has 0 aromatic heterocycles. The monoisotopic (exact) mass is 594 g/mol. The summed E-state index contributed by atoms with van der Waals surface area (Å²) < 4.78 is 0. The molecule has 11 heteroatoms. The van der Waals surface area contributed by atoms with Gasteiger partial charge in [-0.15, -0.1) is 11.8 Å². The largest absolute Gasteiger partial charge is 0.325 e. The summed E-state index contributed by atoms with van der Waals surface area (Å²) in [4.78, 5) is 61.6. The first-order valence-electron chi connectivity index (χ1n) is 13.0. The summed E-state index contributed by atoms with van der Waals surface area (Å²) in [6.45, 7) is 1.47. The number of anilines is 2. The van der Waals surface area contributed by atoms with E-state index in [1.165, 1.54) is 43.0 Å². The number of thioether (sulfide) groups is 1. The molecular weight excluding hydrogens is 568 g/mol. The molecule has 4 aromatic carbocycles. The zero-order valence-corrected chi connectivity index (χ0v) is 23.7. The molecule has 0 saturated heterocycles. The molecular formula is C32H26N4O6S. The van der Waals surface area contributed by atoms with Gasteiger partial charge < -0.3 is 16.0 Å². The SMILES string of the molecule is CC(=O)c1ccc(NC(=O)CSc2ccc(NC(=O)/C(=C/c3ccccc3[N+](=O)[O-])NC(=O)c3ccccc3)cc2)cc1. The third-order valence-corrected chi connectivity index (χ3v) is 7.03. The number of carbonyl (C=O) groups is 4. The average Bonchev–Trinajstić information content (AvgIpc) is 3.01. The number of hydrogen-bond acceptors (Lipinski definition) is 7. The molecule has 0 spiro atoms. The van der Waals surface area contributed by atoms with Gasteiger partial charge in [-0.25, -0.2) is 0 Å². The molecule has 4 rings (SSSR count). The lowest BCUT2D eigenvalue weighted by Crippen LogP contribution is -2.30. The molecule has 0 bridgehead atoms. The second kappa shape index (κ2) is 14.4. The number of hydrogen-bond donors (Lipinski definition) is 3. The fraction of sp³-hybridized carbons (Fsp3) is 0.0625. The van der Waals surface area contributed by atoms with Crippen molar-refractivity contribution in [2.75, 3.05) is 16.4 Å². The maximum atomic E-state index is 13.3. The average molecular weight is 595 g/mol. The number of nitro benzene ring substituents is 1. The highest BCUT2D eigenvalue weighted by molar-refractivity contribution is 8.00. The van der Waals surface area contributed by atoms with Gasteiger partial charge in [-0.3, -0.25) is 29.3 Å². The van der Waals surface area contributed by atoms with Crippen molar-refractivity contribution in [3.8, 4) is 0 Å². The first-order chi connectivity index (χ1) is 20.7. The van der Waals surface area contributed by atoms with Crippen molar-refractivity contribution in [1.82, 2.24) is 5.32 Å². The number of ketones is 1. The van der Waals surface area contributed by atoms with Gasteiger partial charge in [0.2, 0.25) is 5.91 Å². The molecule has 0 aliphatic carbocycles. The molecule has 3 N–H and O–H groups in total. The van der Waals surface area contributed by atoms with E-state index in [0.717, 1.165) is 4.90 Å². The van der Waals surface area contributed by atoms with E-state index in [2.05, 4.69) is 16.0 Å². The molecule has 43 heavy (non-hydrogen) atoms. The number of Topliss-reactive ketones (excluding diaryl/α,β-unsaturated/α-hetero) is 1. The number of nitro groups is 1. The molecule has 0 saturated carbocycles. The number of para-hydroxylation sites is 1. The van der Waals surface area contributed by atoms with E-state index in [1.54, 1.807) is 84.9 Å². The number of nitrogens with zero attached hydrogens (tertiary/aromatic N) is 1. The Labute approximate surface area is 251 Å². The summed E-state index contributed by atoms with van der Waals surface area (Å²) in [7, 11) is 0. The van der Waals surface area contributed by atoms with Crippen LogP contribution in [0.3, 0.4) is 0 Å². The van der Waals surface area contributed by atoms with Gasteiger partial charge in [-0.05, 0) is 79.7 Å². The molecule has 10 nitrogen and oxygen atoms in total. The smallest absolute Gasteiger partial charge is 0.276 e. The first kappa shape index (κ1) is 30.4. The lowest BCUT2D eigenvalue weighted by Gasteiger charge is -2.12. The van der Waals surface area contributed by atoms with Crippen LogP contribution in [0, 0.1) is 10.1 Å². The van der Waals surface area contributed by atoms with Crippen LogP contribution in [0.15, 0.2) is 114 Å². The highest BCUT2D eigenvalue weighted by Gasteiger charge is 2.18. The Morgan fingerprint density at radius 1 is 0.767 bits per heavy atom. The summed E-state index contributed by atoms with van der Waals surface area (Å²) >= 11 is 1.29. The predicted octanol–water partition coefficient (Wildman–Crippen LogP) is 5.94. The lowest BCUT2D eigenvalue weighted by atomic mass is 10.1. The van der Waals surface area contributed by atoms with E-state index in [0.29, 0.717) is 22.5 Å². The van der Waals surface area contributed by atoms with Crippen LogP contribution in [0.25, 0.3) is 6.08 Å².